The maximum Gasteiger partial charge on any atom is 0.169 e. The first-order chi connectivity index (χ1) is 13.6. The molecular formula is C25H24FeO3. The number of phenols is 2. The molecule has 2 aliphatic carbocycles. The molecule has 150 valence electrons. The van der Waals surface area contributed by atoms with Gasteiger partial charge in [-0.3, -0.25) is 0 Å². The summed E-state index contributed by atoms with van der Waals surface area (Å²) in [5.41, 5.74) is 1.89. The largest absolute Gasteiger partial charge is 0.507 e. The Kier molecular flexibility index (Phi) is 9.39. The molecule has 2 saturated carbocycles. The van der Waals surface area contributed by atoms with Crippen LogP contribution in [0.2, 0.25) is 0 Å². The van der Waals surface area contributed by atoms with E-state index in [1.165, 1.54) is 0 Å². The predicted molar refractivity (Wildman–Crippen MR) is 112 cm³/mol. The van der Waals surface area contributed by atoms with E-state index in [-0.39, 0.29) is 34.7 Å². The molecule has 4 rings (SSSR count). The summed E-state index contributed by atoms with van der Waals surface area (Å²) in [4.78, 5) is 0. The van der Waals surface area contributed by atoms with Crippen LogP contribution in [0.1, 0.15) is 19.4 Å². The van der Waals surface area contributed by atoms with Crippen molar-refractivity contribution in [3.05, 3.63) is 106 Å². The van der Waals surface area contributed by atoms with Crippen LogP contribution in [0, 0.1) is 63.7 Å². The second-order valence-electron chi connectivity index (χ2n) is 6.66. The van der Waals surface area contributed by atoms with Crippen molar-refractivity contribution in [1.82, 2.24) is 0 Å². The molecule has 0 aromatic heterocycles. The SMILES string of the molecule is CC(C)Oc1c(O)c(-c2ccccc2)cc(O)c1[C]1[CH][CH][CH][CH]1.[CH]1[CH][CH][CH][CH]1.[Fe]. The van der Waals surface area contributed by atoms with Crippen LogP contribution in [0.5, 0.6) is 17.2 Å². The summed E-state index contributed by atoms with van der Waals surface area (Å²) in [5.74, 6) is 1.25. The molecular weight excluding hydrogens is 404 g/mol. The second kappa shape index (κ2) is 11.5. The number of rotatable bonds is 4. The topological polar surface area (TPSA) is 49.7 Å². The van der Waals surface area contributed by atoms with E-state index in [1.54, 1.807) is 6.07 Å². The summed E-state index contributed by atoms with van der Waals surface area (Å²) >= 11 is 0. The second-order valence-corrected chi connectivity index (χ2v) is 6.66. The smallest absolute Gasteiger partial charge is 0.169 e. The zero-order valence-corrected chi connectivity index (χ0v) is 17.5. The fraction of sp³-hybridized carbons (Fsp3) is 0.120. The van der Waals surface area contributed by atoms with Crippen molar-refractivity contribution in [2.24, 2.45) is 0 Å². The molecule has 0 heterocycles. The van der Waals surface area contributed by atoms with Gasteiger partial charge in [-0.05, 0) is 83.3 Å². The first-order valence-corrected chi connectivity index (χ1v) is 9.27. The van der Waals surface area contributed by atoms with Crippen LogP contribution < -0.4 is 4.74 Å². The third-order valence-corrected chi connectivity index (χ3v) is 4.18. The molecule has 2 aliphatic rings. The third-order valence-electron chi connectivity index (χ3n) is 4.18. The van der Waals surface area contributed by atoms with Crippen molar-refractivity contribution in [2.45, 2.75) is 20.0 Å². The van der Waals surface area contributed by atoms with E-state index < -0.39 is 0 Å². The molecule has 0 aliphatic heterocycles. The first-order valence-electron chi connectivity index (χ1n) is 9.27. The van der Waals surface area contributed by atoms with E-state index in [0.29, 0.717) is 16.9 Å². The maximum absolute atomic E-state index is 10.8. The molecule has 10 radical (unpaired) electrons. The van der Waals surface area contributed by atoms with E-state index >= 15 is 0 Å². The van der Waals surface area contributed by atoms with Crippen molar-refractivity contribution in [3.63, 3.8) is 0 Å². The van der Waals surface area contributed by atoms with Gasteiger partial charge in [0.05, 0.1) is 6.10 Å². The minimum absolute atomic E-state index is 0. The van der Waals surface area contributed by atoms with E-state index in [4.69, 9.17) is 4.74 Å². The zero-order valence-electron chi connectivity index (χ0n) is 16.4. The van der Waals surface area contributed by atoms with Crippen LogP contribution in [0.25, 0.3) is 11.1 Å². The number of ether oxygens (including phenoxy) is 1. The van der Waals surface area contributed by atoms with Gasteiger partial charge in [0.15, 0.2) is 11.5 Å². The van der Waals surface area contributed by atoms with Crippen molar-refractivity contribution in [2.75, 3.05) is 0 Å². The van der Waals surface area contributed by atoms with Gasteiger partial charge in [-0.1, -0.05) is 30.3 Å². The Balaban J connectivity index is 0.000000437. The van der Waals surface area contributed by atoms with E-state index in [9.17, 15) is 10.2 Å². The van der Waals surface area contributed by atoms with Gasteiger partial charge in [0.2, 0.25) is 0 Å². The quantitative estimate of drug-likeness (QED) is 0.512. The van der Waals surface area contributed by atoms with Crippen LogP contribution in [0.4, 0.5) is 0 Å². The average molecular weight is 428 g/mol. The van der Waals surface area contributed by atoms with Crippen LogP contribution in [0.15, 0.2) is 36.4 Å². The molecule has 2 aromatic rings. The van der Waals surface area contributed by atoms with Crippen molar-refractivity contribution < 1.29 is 32.0 Å². The number of phenolic OH excluding ortho intramolecular Hbond substituents is 2. The van der Waals surface area contributed by atoms with Gasteiger partial charge in [-0.15, -0.1) is 0 Å². The van der Waals surface area contributed by atoms with E-state index in [0.717, 1.165) is 11.5 Å². The Morgan fingerprint density at radius 2 is 1.34 bits per heavy atom. The van der Waals surface area contributed by atoms with Gasteiger partial charge < -0.3 is 14.9 Å². The summed E-state index contributed by atoms with van der Waals surface area (Å²) in [6.07, 6.45) is 17.4. The first kappa shape index (κ1) is 23.6. The minimum atomic E-state index is -0.125. The molecule has 0 amide bonds. The van der Waals surface area contributed by atoms with E-state index in [2.05, 4.69) is 0 Å². The van der Waals surface area contributed by atoms with Crippen LogP contribution in [0.3, 0.4) is 0 Å². The molecule has 2 aromatic carbocycles. The fourth-order valence-corrected chi connectivity index (χ4v) is 2.96. The summed E-state index contributed by atoms with van der Waals surface area (Å²) in [7, 11) is 0. The van der Waals surface area contributed by atoms with Gasteiger partial charge in [0, 0.05) is 34.1 Å². The normalized spacial score (nSPS) is 16.2. The monoisotopic (exact) mass is 428 g/mol. The Morgan fingerprint density at radius 3 is 1.86 bits per heavy atom. The summed E-state index contributed by atoms with van der Waals surface area (Å²) in [5, 5.41) is 21.3. The van der Waals surface area contributed by atoms with Gasteiger partial charge in [-0.25, -0.2) is 0 Å². The number of benzene rings is 2. The molecule has 2 N–H and O–H groups in total. The molecule has 29 heavy (non-hydrogen) atoms. The summed E-state index contributed by atoms with van der Waals surface area (Å²) in [6, 6.07) is 11.0. The molecule has 4 heteroatoms. The van der Waals surface area contributed by atoms with Crippen molar-refractivity contribution in [1.29, 1.82) is 0 Å². The molecule has 3 nitrogen and oxygen atoms in total. The Hall–Kier alpha value is -1.64. The van der Waals surface area contributed by atoms with Crippen LogP contribution >= 0.6 is 0 Å². The predicted octanol–water partition coefficient (Wildman–Crippen LogP) is 5.32. The van der Waals surface area contributed by atoms with Crippen LogP contribution in [-0.2, 0) is 17.1 Å². The van der Waals surface area contributed by atoms with E-state index in [1.807, 2.05) is 102 Å². The molecule has 0 saturated heterocycles. The number of hydrogen-bond acceptors (Lipinski definition) is 3. The number of hydrogen-bond donors (Lipinski definition) is 2. The standard InChI is InChI=1S/C20H19O3.C5H5.Fe/c1-13(2)23-20-18(15-10-6-7-11-15)17(21)12-16(19(20)22)14-8-4-3-5-9-14;1-2-4-5-3-1;/h3-13,21-22H,1-2H3;1-5H;. The van der Waals surface area contributed by atoms with Gasteiger partial charge >= 0.3 is 0 Å². The molecule has 2 fully saturated rings. The summed E-state index contributed by atoms with van der Waals surface area (Å²) < 4.78 is 5.83. The van der Waals surface area contributed by atoms with Gasteiger partial charge in [0.1, 0.15) is 5.75 Å². The Morgan fingerprint density at radius 1 is 0.793 bits per heavy atom. The fourth-order valence-electron chi connectivity index (χ4n) is 2.96. The van der Waals surface area contributed by atoms with Crippen LogP contribution in [-0.4, -0.2) is 16.3 Å². The Labute approximate surface area is 186 Å². The maximum atomic E-state index is 10.8. The molecule has 0 bridgehead atoms. The molecule has 0 atom stereocenters. The van der Waals surface area contributed by atoms with Gasteiger partial charge in [0.25, 0.3) is 0 Å². The Bertz CT molecular complexity index is 741. The summed E-state index contributed by atoms with van der Waals surface area (Å²) in [6.45, 7) is 3.78. The molecule has 0 spiro atoms. The average Bonchev–Trinajstić information content (AvgIpc) is 3.41. The van der Waals surface area contributed by atoms with Crippen molar-refractivity contribution in [3.8, 4) is 28.4 Å². The molecule has 0 unspecified atom stereocenters. The number of aromatic hydroxyl groups is 2. The minimum Gasteiger partial charge on any atom is -0.507 e. The van der Waals surface area contributed by atoms with Gasteiger partial charge in [-0.2, -0.15) is 0 Å². The zero-order chi connectivity index (χ0) is 19.9. The third kappa shape index (κ3) is 6.17. The van der Waals surface area contributed by atoms with Crippen molar-refractivity contribution >= 4 is 0 Å².